The van der Waals surface area contributed by atoms with Gasteiger partial charge in [-0.1, -0.05) is 62.4 Å². The molecule has 0 spiro atoms. The molecule has 6 nitrogen and oxygen atoms in total. The van der Waals surface area contributed by atoms with Crippen molar-refractivity contribution in [3.63, 3.8) is 0 Å². The number of ether oxygens (including phenoxy) is 1. The maximum Gasteiger partial charge on any atom is 0.276 e. The highest BCUT2D eigenvalue weighted by molar-refractivity contribution is 9.10. The van der Waals surface area contributed by atoms with Crippen LogP contribution in [0, 0.1) is 0 Å². The summed E-state index contributed by atoms with van der Waals surface area (Å²) in [5, 5.41) is 2.50. The number of hydrazine groups is 1. The number of carbonyl (C=O) groups is 2. The van der Waals surface area contributed by atoms with Gasteiger partial charge in [-0.25, -0.2) is 0 Å². The van der Waals surface area contributed by atoms with Gasteiger partial charge in [0.2, 0.25) is 0 Å². The highest BCUT2D eigenvalue weighted by Crippen LogP contribution is 2.28. The summed E-state index contributed by atoms with van der Waals surface area (Å²) in [6.07, 6.45) is 0. The molecule has 0 aliphatic heterocycles. The van der Waals surface area contributed by atoms with E-state index in [0.717, 1.165) is 21.2 Å². The Hall–Kier alpha value is -3.23. The van der Waals surface area contributed by atoms with Crippen LogP contribution in [0.4, 0.5) is 0 Å². The first-order valence-corrected chi connectivity index (χ1v) is 11.5. The van der Waals surface area contributed by atoms with Gasteiger partial charge in [-0.3, -0.25) is 25.8 Å². The van der Waals surface area contributed by atoms with Crippen molar-refractivity contribution < 1.29 is 14.3 Å². The molecule has 3 aromatic rings. The second-order valence-corrected chi connectivity index (χ2v) is 8.80. The first kappa shape index (κ1) is 24.4. The fourth-order valence-electron chi connectivity index (χ4n) is 2.95. The maximum absolute atomic E-state index is 12.4. The molecule has 0 atom stereocenters. The lowest BCUT2D eigenvalue weighted by Gasteiger charge is -2.13. The van der Waals surface area contributed by atoms with Gasteiger partial charge in [-0.05, 0) is 75.0 Å². The topological polar surface area (TPSA) is 79.5 Å². The fraction of sp³-hybridized carbons (Fsp3) is 0.160. The van der Waals surface area contributed by atoms with Crippen LogP contribution >= 0.6 is 28.1 Å². The zero-order valence-electron chi connectivity index (χ0n) is 18.2. The van der Waals surface area contributed by atoms with Gasteiger partial charge in [0.15, 0.2) is 11.7 Å². The predicted molar refractivity (Wildman–Crippen MR) is 137 cm³/mol. The van der Waals surface area contributed by atoms with Crippen LogP contribution in [0.1, 0.15) is 35.7 Å². The largest absolute Gasteiger partial charge is 0.483 e. The van der Waals surface area contributed by atoms with Gasteiger partial charge in [0.25, 0.3) is 11.8 Å². The predicted octanol–water partition coefficient (Wildman–Crippen LogP) is 4.95. The Morgan fingerprint density at radius 3 is 2.24 bits per heavy atom. The smallest absolute Gasteiger partial charge is 0.276 e. The number of rotatable bonds is 6. The van der Waals surface area contributed by atoms with E-state index in [2.05, 4.69) is 45.9 Å². The minimum absolute atomic E-state index is 0.0250. The van der Waals surface area contributed by atoms with Gasteiger partial charge in [0.05, 0.1) is 4.47 Å². The van der Waals surface area contributed by atoms with Crippen LogP contribution in [0.2, 0.25) is 0 Å². The minimum atomic E-state index is -0.446. The van der Waals surface area contributed by atoms with Gasteiger partial charge >= 0.3 is 0 Å². The Balaban J connectivity index is 1.44. The van der Waals surface area contributed by atoms with Crippen molar-refractivity contribution in [2.45, 2.75) is 19.8 Å². The molecule has 3 aromatic carbocycles. The molecule has 0 radical (unpaired) electrons. The Kier molecular flexibility index (Phi) is 8.57. The molecule has 0 aliphatic carbocycles. The van der Waals surface area contributed by atoms with Gasteiger partial charge in [-0.15, -0.1) is 0 Å². The molecule has 0 bridgehead atoms. The third kappa shape index (κ3) is 7.13. The van der Waals surface area contributed by atoms with Crippen molar-refractivity contribution in [3.05, 3.63) is 88.4 Å². The lowest BCUT2D eigenvalue weighted by atomic mass is 10.0. The van der Waals surface area contributed by atoms with E-state index < -0.39 is 5.91 Å². The summed E-state index contributed by atoms with van der Waals surface area (Å²) in [7, 11) is 0. The molecule has 0 fully saturated rings. The fourth-order valence-corrected chi connectivity index (χ4v) is 3.60. The van der Waals surface area contributed by atoms with Gasteiger partial charge in [0, 0.05) is 5.56 Å². The standard InChI is InChI=1S/C25H24BrN3O3S/c1-16(2)20-12-13-22(21(26)14-20)32-15-23(30)28-29-25(33)27-24(31)19-10-8-18(9-11-19)17-6-4-3-5-7-17/h3-14,16H,15H2,1-2H3,(H,28,30)(H2,27,29,31,33). The second-order valence-electron chi connectivity index (χ2n) is 7.53. The molecule has 2 amide bonds. The average molecular weight is 526 g/mol. The van der Waals surface area contributed by atoms with Crippen LogP contribution in [0.15, 0.2) is 77.3 Å². The molecule has 3 rings (SSSR count). The number of benzene rings is 3. The summed E-state index contributed by atoms with van der Waals surface area (Å²) in [5.74, 6) is 0.121. The second kappa shape index (κ2) is 11.6. The Morgan fingerprint density at radius 2 is 1.61 bits per heavy atom. The van der Waals surface area contributed by atoms with Gasteiger partial charge in [0.1, 0.15) is 5.75 Å². The van der Waals surface area contributed by atoms with Crippen LogP contribution in [-0.4, -0.2) is 23.5 Å². The van der Waals surface area contributed by atoms with E-state index in [0.29, 0.717) is 17.2 Å². The zero-order chi connectivity index (χ0) is 23.8. The van der Waals surface area contributed by atoms with Crippen molar-refractivity contribution in [1.82, 2.24) is 16.2 Å². The third-order valence-electron chi connectivity index (χ3n) is 4.78. The molecule has 33 heavy (non-hydrogen) atoms. The molecule has 0 aromatic heterocycles. The molecule has 8 heteroatoms. The summed E-state index contributed by atoms with van der Waals surface area (Å²) < 4.78 is 6.31. The van der Waals surface area contributed by atoms with E-state index in [4.69, 9.17) is 17.0 Å². The first-order valence-electron chi connectivity index (χ1n) is 10.3. The minimum Gasteiger partial charge on any atom is -0.483 e. The lowest BCUT2D eigenvalue weighted by Crippen LogP contribution is -2.49. The molecule has 0 saturated heterocycles. The number of thiocarbonyl (C=S) groups is 1. The highest BCUT2D eigenvalue weighted by Gasteiger charge is 2.11. The molecular formula is C25H24BrN3O3S. The van der Waals surface area contributed by atoms with Crippen molar-refractivity contribution in [2.24, 2.45) is 0 Å². The van der Waals surface area contributed by atoms with Crippen LogP contribution in [0.25, 0.3) is 11.1 Å². The lowest BCUT2D eigenvalue weighted by molar-refractivity contribution is -0.123. The Morgan fingerprint density at radius 1 is 0.939 bits per heavy atom. The summed E-state index contributed by atoms with van der Waals surface area (Å²) in [6.45, 7) is 3.98. The number of nitrogens with one attached hydrogen (secondary N) is 3. The van der Waals surface area contributed by atoms with E-state index in [1.165, 1.54) is 0 Å². The van der Waals surface area contributed by atoms with Crippen LogP contribution in [0.5, 0.6) is 5.75 Å². The van der Waals surface area contributed by atoms with Crippen LogP contribution < -0.4 is 20.9 Å². The number of halogens is 1. The maximum atomic E-state index is 12.4. The molecule has 0 aliphatic rings. The molecule has 170 valence electrons. The molecule has 0 saturated carbocycles. The summed E-state index contributed by atoms with van der Waals surface area (Å²) >= 11 is 8.54. The molecule has 3 N–H and O–H groups in total. The van der Waals surface area contributed by atoms with Crippen LogP contribution in [-0.2, 0) is 4.79 Å². The van der Waals surface area contributed by atoms with E-state index in [1.807, 2.05) is 60.7 Å². The average Bonchev–Trinajstić information content (AvgIpc) is 2.82. The highest BCUT2D eigenvalue weighted by atomic mass is 79.9. The zero-order valence-corrected chi connectivity index (χ0v) is 20.6. The number of carbonyl (C=O) groups excluding carboxylic acids is 2. The van der Waals surface area contributed by atoms with E-state index in [1.54, 1.807) is 12.1 Å². The van der Waals surface area contributed by atoms with Crippen molar-refractivity contribution in [1.29, 1.82) is 0 Å². The Bertz CT molecular complexity index is 1140. The molecule has 0 unspecified atom stereocenters. The van der Waals surface area contributed by atoms with E-state index in [-0.39, 0.29) is 17.6 Å². The van der Waals surface area contributed by atoms with Crippen molar-refractivity contribution >= 4 is 45.1 Å². The quantitative estimate of drug-likeness (QED) is 0.313. The van der Waals surface area contributed by atoms with Crippen molar-refractivity contribution in [2.75, 3.05) is 6.61 Å². The van der Waals surface area contributed by atoms with Crippen molar-refractivity contribution in [3.8, 4) is 16.9 Å². The normalized spacial score (nSPS) is 10.4. The molecule has 0 heterocycles. The number of hydrogen-bond acceptors (Lipinski definition) is 4. The number of hydrogen-bond donors (Lipinski definition) is 3. The SMILES string of the molecule is CC(C)c1ccc(OCC(=O)NNC(=S)NC(=O)c2ccc(-c3ccccc3)cc2)c(Br)c1. The monoisotopic (exact) mass is 525 g/mol. The summed E-state index contributed by atoms with van der Waals surface area (Å²) in [4.78, 5) is 24.4. The van der Waals surface area contributed by atoms with Gasteiger partial charge < -0.3 is 4.74 Å². The Labute approximate surface area is 206 Å². The first-order chi connectivity index (χ1) is 15.8. The van der Waals surface area contributed by atoms with E-state index in [9.17, 15) is 9.59 Å². The summed E-state index contributed by atoms with van der Waals surface area (Å²) in [6, 6.07) is 22.8. The molecular weight excluding hydrogens is 502 g/mol. The number of amides is 2. The summed E-state index contributed by atoms with van der Waals surface area (Å²) in [5.41, 5.74) is 8.59. The third-order valence-corrected chi connectivity index (χ3v) is 5.60. The van der Waals surface area contributed by atoms with Crippen LogP contribution in [0.3, 0.4) is 0 Å². The van der Waals surface area contributed by atoms with Gasteiger partial charge in [-0.2, -0.15) is 0 Å². The van der Waals surface area contributed by atoms with E-state index >= 15 is 0 Å².